The van der Waals surface area contributed by atoms with Crippen LogP contribution in [0.3, 0.4) is 0 Å². The molecule has 1 aromatic carbocycles. The second kappa shape index (κ2) is 6.10. The smallest absolute Gasteiger partial charge is 0.270 e. The fourth-order valence-corrected chi connectivity index (χ4v) is 3.40. The van der Waals surface area contributed by atoms with Crippen LogP contribution in [0.1, 0.15) is 16.8 Å². The van der Waals surface area contributed by atoms with Crippen LogP contribution in [0.25, 0.3) is 0 Å². The molecule has 1 unspecified atom stereocenters. The number of carbonyl (C=O) groups excluding carboxylic acids is 1. The molecule has 2 rings (SSSR count). The highest BCUT2D eigenvalue weighted by Crippen LogP contribution is 2.26. The van der Waals surface area contributed by atoms with Crippen LogP contribution in [-0.4, -0.2) is 40.3 Å². The van der Waals surface area contributed by atoms with Gasteiger partial charge in [0.2, 0.25) is 0 Å². The molecule has 0 aromatic heterocycles. The number of thioether (sulfide) groups is 1. The predicted molar refractivity (Wildman–Crippen MR) is 78.7 cm³/mol. The van der Waals surface area contributed by atoms with Crippen molar-refractivity contribution >= 4 is 29.0 Å². The molecule has 20 heavy (non-hydrogen) atoms. The van der Waals surface area contributed by atoms with Crippen LogP contribution in [0.2, 0.25) is 0 Å². The summed E-state index contributed by atoms with van der Waals surface area (Å²) in [6.45, 7) is 0. The number of nitrogen functional groups attached to an aromatic ring is 1. The first-order valence-corrected chi connectivity index (χ1v) is 7.30. The van der Waals surface area contributed by atoms with Crippen molar-refractivity contribution in [3.8, 4) is 0 Å². The molecular weight excluding hydrogens is 280 g/mol. The molecule has 1 aromatic rings. The lowest BCUT2D eigenvalue weighted by molar-refractivity contribution is -0.384. The maximum atomic E-state index is 12.5. The summed E-state index contributed by atoms with van der Waals surface area (Å²) in [6.07, 6.45) is 0.938. The zero-order chi connectivity index (χ0) is 14.7. The van der Waals surface area contributed by atoms with Gasteiger partial charge in [-0.3, -0.25) is 20.8 Å². The van der Waals surface area contributed by atoms with E-state index in [-0.39, 0.29) is 23.2 Å². The number of carbonyl (C=O) groups is 1. The van der Waals surface area contributed by atoms with Crippen molar-refractivity contribution in [1.29, 1.82) is 0 Å². The van der Waals surface area contributed by atoms with Crippen molar-refractivity contribution in [2.75, 3.05) is 24.0 Å². The van der Waals surface area contributed by atoms with Crippen LogP contribution in [0.15, 0.2) is 18.2 Å². The van der Waals surface area contributed by atoms with Gasteiger partial charge in [-0.05, 0) is 18.2 Å². The second-order valence-corrected chi connectivity index (χ2v) is 5.71. The summed E-state index contributed by atoms with van der Waals surface area (Å²) in [7, 11) is 1.72. The van der Waals surface area contributed by atoms with E-state index in [1.54, 1.807) is 23.7 Å². The summed E-state index contributed by atoms with van der Waals surface area (Å²) >= 11 is 1.80. The molecule has 1 heterocycles. The van der Waals surface area contributed by atoms with Crippen LogP contribution in [0.4, 0.5) is 11.4 Å². The van der Waals surface area contributed by atoms with Gasteiger partial charge in [-0.25, -0.2) is 0 Å². The van der Waals surface area contributed by atoms with E-state index >= 15 is 0 Å². The van der Waals surface area contributed by atoms with Gasteiger partial charge in [0.25, 0.3) is 11.6 Å². The van der Waals surface area contributed by atoms with Gasteiger partial charge in [-0.1, -0.05) is 0 Å². The third-order valence-electron chi connectivity index (χ3n) is 3.37. The maximum absolute atomic E-state index is 12.5. The normalized spacial score (nSPS) is 17.8. The second-order valence-electron chi connectivity index (χ2n) is 4.56. The topological polar surface area (TPSA) is 102 Å². The van der Waals surface area contributed by atoms with Gasteiger partial charge in [0, 0.05) is 31.0 Å². The van der Waals surface area contributed by atoms with Crippen molar-refractivity contribution in [2.24, 2.45) is 5.84 Å². The monoisotopic (exact) mass is 296 g/mol. The molecule has 1 fully saturated rings. The van der Waals surface area contributed by atoms with Gasteiger partial charge >= 0.3 is 0 Å². The molecule has 108 valence electrons. The van der Waals surface area contributed by atoms with E-state index in [1.807, 2.05) is 0 Å². The summed E-state index contributed by atoms with van der Waals surface area (Å²) in [5.41, 5.74) is 2.90. The summed E-state index contributed by atoms with van der Waals surface area (Å²) in [4.78, 5) is 24.4. The maximum Gasteiger partial charge on any atom is 0.270 e. The summed E-state index contributed by atoms with van der Waals surface area (Å²) in [5.74, 6) is 7.04. The largest absolute Gasteiger partial charge is 0.338 e. The minimum absolute atomic E-state index is 0.124. The van der Waals surface area contributed by atoms with Crippen LogP contribution < -0.4 is 11.3 Å². The summed E-state index contributed by atoms with van der Waals surface area (Å²) in [5, 5.41) is 10.8. The standard InChI is InChI=1S/C12H16N4O3S/c1-15(9-4-5-20-7-9)12(17)10-6-8(16(18)19)2-3-11(10)14-13/h2-3,6,9,14H,4-5,7,13H2,1H3. The molecule has 8 heteroatoms. The van der Waals surface area contributed by atoms with Gasteiger partial charge in [0.15, 0.2) is 0 Å². The highest BCUT2D eigenvalue weighted by atomic mass is 32.2. The number of nitro groups is 1. The third-order valence-corrected chi connectivity index (χ3v) is 4.52. The number of amides is 1. The average molecular weight is 296 g/mol. The predicted octanol–water partition coefficient (Wildman–Crippen LogP) is 1.46. The number of benzene rings is 1. The molecule has 1 atom stereocenters. The van der Waals surface area contributed by atoms with E-state index < -0.39 is 4.92 Å². The van der Waals surface area contributed by atoms with E-state index in [0.29, 0.717) is 5.69 Å². The number of non-ortho nitro benzene ring substituents is 1. The molecule has 1 saturated heterocycles. The number of hydrogen-bond donors (Lipinski definition) is 2. The Balaban J connectivity index is 2.31. The Labute approximate surface area is 120 Å². The van der Waals surface area contributed by atoms with Crippen molar-refractivity contribution in [3.05, 3.63) is 33.9 Å². The van der Waals surface area contributed by atoms with E-state index in [1.165, 1.54) is 18.2 Å². The number of nitrogens with zero attached hydrogens (tertiary/aromatic N) is 2. The van der Waals surface area contributed by atoms with E-state index in [4.69, 9.17) is 5.84 Å². The molecule has 1 amide bonds. The van der Waals surface area contributed by atoms with Gasteiger partial charge in [-0.15, -0.1) is 0 Å². The molecule has 1 aliphatic heterocycles. The van der Waals surface area contributed by atoms with Crippen molar-refractivity contribution in [1.82, 2.24) is 4.90 Å². The van der Waals surface area contributed by atoms with Crippen molar-refractivity contribution in [2.45, 2.75) is 12.5 Å². The number of anilines is 1. The molecule has 0 radical (unpaired) electrons. The summed E-state index contributed by atoms with van der Waals surface area (Å²) < 4.78 is 0. The lowest BCUT2D eigenvalue weighted by atomic mass is 10.1. The molecule has 1 aliphatic rings. The Morgan fingerprint density at radius 1 is 1.60 bits per heavy atom. The fourth-order valence-electron chi connectivity index (χ4n) is 2.13. The Morgan fingerprint density at radius 2 is 2.35 bits per heavy atom. The zero-order valence-corrected chi connectivity index (χ0v) is 11.9. The highest BCUT2D eigenvalue weighted by Gasteiger charge is 2.27. The van der Waals surface area contributed by atoms with E-state index in [2.05, 4.69) is 5.43 Å². The van der Waals surface area contributed by atoms with Gasteiger partial charge < -0.3 is 10.3 Å². The van der Waals surface area contributed by atoms with Crippen molar-refractivity contribution in [3.63, 3.8) is 0 Å². The molecule has 0 aliphatic carbocycles. The number of nitrogens with one attached hydrogen (secondary N) is 1. The number of rotatable bonds is 4. The van der Waals surface area contributed by atoms with E-state index in [9.17, 15) is 14.9 Å². The molecule has 7 nitrogen and oxygen atoms in total. The highest BCUT2D eigenvalue weighted by molar-refractivity contribution is 7.99. The third kappa shape index (κ3) is 2.86. The fraction of sp³-hybridized carbons (Fsp3) is 0.417. The Kier molecular flexibility index (Phi) is 4.46. The quantitative estimate of drug-likeness (QED) is 0.495. The number of hydrogen-bond acceptors (Lipinski definition) is 6. The van der Waals surface area contributed by atoms with Crippen molar-refractivity contribution < 1.29 is 9.72 Å². The molecule has 0 bridgehead atoms. The first kappa shape index (κ1) is 14.6. The minimum Gasteiger partial charge on any atom is -0.338 e. The molecule has 0 saturated carbocycles. The van der Waals surface area contributed by atoms with Gasteiger partial charge in [-0.2, -0.15) is 11.8 Å². The number of nitrogens with two attached hydrogens (primary N) is 1. The molecule has 0 spiro atoms. The number of hydrazine groups is 1. The van der Waals surface area contributed by atoms with Crippen LogP contribution >= 0.6 is 11.8 Å². The SMILES string of the molecule is CN(C(=O)c1cc([N+](=O)[O-])ccc1NN)C1CCSC1. The number of nitro benzene ring substituents is 1. The van der Waals surface area contributed by atoms with E-state index in [0.717, 1.165) is 17.9 Å². The Bertz CT molecular complexity index is 531. The molecular formula is C12H16N4O3S. The van der Waals surface area contributed by atoms with Crippen LogP contribution in [-0.2, 0) is 0 Å². The van der Waals surface area contributed by atoms with Crippen LogP contribution in [0.5, 0.6) is 0 Å². The summed E-state index contributed by atoms with van der Waals surface area (Å²) in [6, 6.07) is 4.19. The zero-order valence-electron chi connectivity index (χ0n) is 11.0. The average Bonchev–Trinajstić information content (AvgIpc) is 2.99. The van der Waals surface area contributed by atoms with Gasteiger partial charge in [0.05, 0.1) is 16.2 Å². The minimum atomic E-state index is -0.525. The first-order valence-electron chi connectivity index (χ1n) is 6.14. The lowest BCUT2D eigenvalue weighted by Gasteiger charge is -2.24. The first-order chi connectivity index (χ1) is 9.54. The van der Waals surface area contributed by atoms with Gasteiger partial charge in [0.1, 0.15) is 0 Å². The molecule has 3 N–H and O–H groups in total. The van der Waals surface area contributed by atoms with Crippen LogP contribution in [0, 0.1) is 10.1 Å². The Morgan fingerprint density at radius 3 is 2.90 bits per heavy atom. The lowest BCUT2D eigenvalue weighted by Crippen LogP contribution is -2.37. The Hall–Kier alpha value is -1.80.